The zero-order chi connectivity index (χ0) is 11.7. The first-order chi connectivity index (χ1) is 7.61. The van der Waals surface area contributed by atoms with Crippen LogP contribution in [-0.4, -0.2) is 20.6 Å². The largest absolute Gasteiger partial charge is 0.348 e. The molecule has 4 nitrogen and oxygen atoms in total. The van der Waals surface area contributed by atoms with Gasteiger partial charge in [0, 0.05) is 25.0 Å². The van der Waals surface area contributed by atoms with Crippen molar-refractivity contribution in [3.63, 3.8) is 0 Å². The van der Waals surface area contributed by atoms with Gasteiger partial charge in [0.2, 0.25) is 0 Å². The Kier molecular flexibility index (Phi) is 2.96. The third-order valence-electron chi connectivity index (χ3n) is 2.50. The van der Waals surface area contributed by atoms with Crippen molar-refractivity contribution in [2.24, 2.45) is 7.05 Å². The zero-order valence-corrected chi connectivity index (χ0v) is 10.7. The Hall–Kier alpha value is -1.36. The number of aryl methyl sites for hydroxylation is 2. The van der Waals surface area contributed by atoms with Crippen LogP contribution in [0, 0.1) is 6.92 Å². The minimum absolute atomic E-state index is 0.690. The fourth-order valence-corrected chi connectivity index (χ4v) is 2.11. The Balaban J connectivity index is 2.29. The first kappa shape index (κ1) is 11.1. The van der Waals surface area contributed by atoms with E-state index in [-0.39, 0.29) is 0 Å². The highest BCUT2D eigenvalue weighted by atomic mass is 79.9. The predicted molar refractivity (Wildman–Crippen MR) is 64.6 cm³/mol. The average Bonchev–Trinajstić information content (AvgIpc) is 2.80. The van der Waals surface area contributed by atoms with Gasteiger partial charge >= 0.3 is 0 Å². The third kappa shape index (κ3) is 1.95. The van der Waals surface area contributed by atoms with E-state index in [4.69, 9.17) is 0 Å². The Morgan fingerprint density at radius 2 is 2.31 bits per heavy atom. The van der Waals surface area contributed by atoms with Crippen molar-refractivity contribution in [3.8, 4) is 0 Å². The molecule has 16 heavy (non-hydrogen) atoms. The SMILES string of the molecule is Cc1nn(C)c(Cn2ccc(C=O)c2)c1Br. The normalized spacial score (nSPS) is 10.7. The van der Waals surface area contributed by atoms with Crippen LogP contribution in [0.1, 0.15) is 21.7 Å². The summed E-state index contributed by atoms with van der Waals surface area (Å²) >= 11 is 3.52. The van der Waals surface area contributed by atoms with Gasteiger partial charge < -0.3 is 4.57 Å². The number of carbonyl (C=O) groups excluding carboxylic acids is 1. The molecule has 0 fully saturated rings. The molecule has 0 bridgehead atoms. The van der Waals surface area contributed by atoms with Crippen molar-refractivity contribution < 1.29 is 4.79 Å². The molecule has 0 unspecified atom stereocenters. The summed E-state index contributed by atoms with van der Waals surface area (Å²) in [6.07, 6.45) is 4.56. The lowest BCUT2D eigenvalue weighted by molar-refractivity contribution is 0.112. The van der Waals surface area contributed by atoms with Crippen LogP contribution in [0.4, 0.5) is 0 Å². The van der Waals surface area contributed by atoms with E-state index in [0.29, 0.717) is 12.1 Å². The molecule has 0 aliphatic heterocycles. The summed E-state index contributed by atoms with van der Waals surface area (Å²) < 4.78 is 4.83. The Morgan fingerprint density at radius 1 is 1.56 bits per heavy atom. The highest BCUT2D eigenvalue weighted by Gasteiger charge is 2.10. The lowest BCUT2D eigenvalue weighted by atomic mass is 10.3. The van der Waals surface area contributed by atoms with E-state index in [1.807, 2.05) is 35.6 Å². The van der Waals surface area contributed by atoms with Gasteiger partial charge in [0.15, 0.2) is 6.29 Å². The summed E-state index contributed by atoms with van der Waals surface area (Å²) in [5, 5.41) is 4.32. The minimum atomic E-state index is 0.690. The summed E-state index contributed by atoms with van der Waals surface area (Å²) in [4.78, 5) is 10.6. The molecule has 2 heterocycles. The predicted octanol–water partition coefficient (Wildman–Crippen LogP) is 2.15. The van der Waals surface area contributed by atoms with Crippen LogP contribution in [0.15, 0.2) is 22.9 Å². The van der Waals surface area contributed by atoms with Crippen molar-refractivity contribution in [2.45, 2.75) is 13.5 Å². The maximum Gasteiger partial charge on any atom is 0.151 e. The topological polar surface area (TPSA) is 39.8 Å². The smallest absolute Gasteiger partial charge is 0.151 e. The van der Waals surface area contributed by atoms with Crippen LogP contribution < -0.4 is 0 Å². The average molecular weight is 282 g/mol. The van der Waals surface area contributed by atoms with Gasteiger partial charge in [-0.05, 0) is 28.9 Å². The van der Waals surface area contributed by atoms with E-state index in [1.54, 1.807) is 6.07 Å². The number of aromatic nitrogens is 3. The number of hydrogen-bond donors (Lipinski definition) is 0. The fraction of sp³-hybridized carbons (Fsp3) is 0.273. The van der Waals surface area contributed by atoms with E-state index in [9.17, 15) is 4.79 Å². The number of halogens is 1. The van der Waals surface area contributed by atoms with Crippen molar-refractivity contribution in [1.82, 2.24) is 14.3 Å². The first-order valence-electron chi connectivity index (χ1n) is 4.90. The van der Waals surface area contributed by atoms with Crippen molar-refractivity contribution in [1.29, 1.82) is 0 Å². The summed E-state index contributed by atoms with van der Waals surface area (Å²) in [6.45, 7) is 2.66. The van der Waals surface area contributed by atoms with Gasteiger partial charge in [0.25, 0.3) is 0 Å². The van der Waals surface area contributed by atoms with Crippen molar-refractivity contribution in [2.75, 3.05) is 0 Å². The molecule has 0 N–H and O–H groups in total. The molecule has 2 aromatic rings. The standard InChI is InChI=1S/C11H12BrN3O/c1-8-11(12)10(14(2)13-8)6-15-4-3-9(5-15)7-16/h3-5,7H,6H2,1-2H3. The molecule has 0 saturated carbocycles. The highest BCUT2D eigenvalue weighted by Crippen LogP contribution is 2.21. The summed E-state index contributed by atoms with van der Waals surface area (Å²) in [6, 6.07) is 1.80. The maximum atomic E-state index is 10.6. The lowest BCUT2D eigenvalue weighted by Gasteiger charge is -2.04. The molecule has 2 aromatic heterocycles. The second-order valence-electron chi connectivity index (χ2n) is 3.70. The lowest BCUT2D eigenvalue weighted by Crippen LogP contribution is -2.04. The van der Waals surface area contributed by atoms with Crippen LogP contribution in [0.25, 0.3) is 0 Å². The molecule has 0 radical (unpaired) electrons. The Morgan fingerprint density at radius 3 is 2.81 bits per heavy atom. The van der Waals surface area contributed by atoms with E-state index >= 15 is 0 Å². The number of hydrogen-bond acceptors (Lipinski definition) is 2. The summed E-state index contributed by atoms with van der Waals surface area (Å²) in [5.41, 5.74) is 2.75. The second-order valence-corrected chi connectivity index (χ2v) is 4.50. The second kappa shape index (κ2) is 4.25. The van der Waals surface area contributed by atoms with Crippen molar-refractivity contribution in [3.05, 3.63) is 39.9 Å². The van der Waals surface area contributed by atoms with Crippen LogP contribution in [0.3, 0.4) is 0 Å². The van der Waals surface area contributed by atoms with E-state index in [2.05, 4.69) is 21.0 Å². The number of rotatable bonds is 3. The van der Waals surface area contributed by atoms with Gasteiger partial charge in [0.1, 0.15) is 0 Å². The fourth-order valence-electron chi connectivity index (χ4n) is 1.65. The maximum absolute atomic E-state index is 10.6. The number of aldehydes is 1. The van der Waals surface area contributed by atoms with E-state index < -0.39 is 0 Å². The zero-order valence-electron chi connectivity index (χ0n) is 9.14. The molecular formula is C11H12BrN3O. The Labute approximate surface area is 102 Å². The number of carbonyl (C=O) groups is 1. The van der Waals surface area contributed by atoms with Gasteiger partial charge in [-0.25, -0.2) is 0 Å². The third-order valence-corrected chi connectivity index (χ3v) is 3.53. The van der Waals surface area contributed by atoms with Gasteiger partial charge in [-0.15, -0.1) is 0 Å². The van der Waals surface area contributed by atoms with E-state index in [0.717, 1.165) is 22.1 Å². The summed E-state index contributed by atoms with van der Waals surface area (Å²) in [7, 11) is 1.91. The quantitative estimate of drug-likeness (QED) is 0.809. The van der Waals surface area contributed by atoms with Gasteiger partial charge in [0.05, 0.1) is 22.4 Å². The van der Waals surface area contributed by atoms with Crippen LogP contribution in [0.5, 0.6) is 0 Å². The number of nitrogens with zero attached hydrogens (tertiary/aromatic N) is 3. The Bertz CT molecular complexity index is 527. The highest BCUT2D eigenvalue weighted by molar-refractivity contribution is 9.10. The molecule has 0 saturated heterocycles. The van der Waals surface area contributed by atoms with Gasteiger partial charge in [-0.3, -0.25) is 9.48 Å². The molecule has 0 atom stereocenters. The van der Waals surface area contributed by atoms with Gasteiger partial charge in [-0.1, -0.05) is 0 Å². The van der Waals surface area contributed by atoms with Gasteiger partial charge in [-0.2, -0.15) is 5.10 Å². The van der Waals surface area contributed by atoms with Crippen LogP contribution in [0.2, 0.25) is 0 Å². The molecule has 5 heteroatoms. The molecule has 2 rings (SSSR count). The minimum Gasteiger partial charge on any atom is -0.348 e. The molecule has 0 amide bonds. The first-order valence-corrected chi connectivity index (χ1v) is 5.70. The van der Waals surface area contributed by atoms with Crippen molar-refractivity contribution >= 4 is 22.2 Å². The molecule has 0 spiro atoms. The molecule has 0 aromatic carbocycles. The molecule has 0 aliphatic carbocycles. The molecule has 84 valence electrons. The monoisotopic (exact) mass is 281 g/mol. The molecule has 0 aliphatic rings. The summed E-state index contributed by atoms with van der Waals surface area (Å²) in [5.74, 6) is 0. The molecular weight excluding hydrogens is 270 g/mol. The van der Waals surface area contributed by atoms with Crippen LogP contribution >= 0.6 is 15.9 Å². The van der Waals surface area contributed by atoms with E-state index in [1.165, 1.54) is 0 Å². The van der Waals surface area contributed by atoms with Crippen LogP contribution in [-0.2, 0) is 13.6 Å².